The van der Waals surface area contributed by atoms with Crippen LogP contribution in [-0.4, -0.2) is 16.5 Å². The third-order valence-corrected chi connectivity index (χ3v) is 4.37. The van der Waals surface area contributed by atoms with Crippen LogP contribution in [0, 0.1) is 5.92 Å². The van der Waals surface area contributed by atoms with Gasteiger partial charge in [-0.05, 0) is 47.5 Å². The molecule has 4 heteroatoms. The number of nitrogens with zero attached hydrogens (tertiary/aromatic N) is 2. The minimum atomic E-state index is 0.560. The summed E-state index contributed by atoms with van der Waals surface area (Å²) in [4.78, 5) is 9.19. The van der Waals surface area contributed by atoms with Gasteiger partial charge in [0.1, 0.15) is 11.6 Å². The molecule has 0 aromatic carbocycles. The van der Waals surface area contributed by atoms with Crippen LogP contribution < -0.4 is 5.32 Å². The Hall–Kier alpha value is -0.640. The minimum absolute atomic E-state index is 0.560. The van der Waals surface area contributed by atoms with Gasteiger partial charge in [-0.1, -0.05) is 20.3 Å². The Balaban J connectivity index is 2.09. The number of nitrogens with one attached hydrogen (secondary N) is 1. The lowest BCUT2D eigenvalue weighted by atomic mass is 10.0. The van der Waals surface area contributed by atoms with Crippen molar-refractivity contribution in [2.24, 2.45) is 5.92 Å². The Morgan fingerprint density at radius 2 is 2.22 bits per heavy atom. The average molecular weight is 312 g/mol. The normalized spacial score (nSPS) is 23.3. The van der Waals surface area contributed by atoms with E-state index in [1.807, 2.05) is 6.20 Å². The third kappa shape index (κ3) is 3.22. The van der Waals surface area contributed by atoms with Gasteiger partial charge < -0.3 is 5.32 Å². The molecule has 2 unspecified atom stereocenters. The van der Waals surface area contributed by atoms with Crippen molar-refractivity contribution in [3.05, 3.63) is 16.5 Å². The Labute approximate surface area is 118 Å². The Kier molecular flexibility index (Phi) is 4.98. The molecular formula is C14H22BrN3. The van der Waals surface area contributed by atoms with Gasteiger partial charge in [-0.3, -0.25) is 0 Å². The van der Waals surface area contributed by atoms with Gasteiger partial charge in [0.15, 0.2) is 0 Å². The number of rotatable bonds is 5. The molecular weight excluding hydrogens is 290 g/mol. The molecule has 3 nitrogen and oxygen atoms in total. The summed E-state index contributed by atoms with van der Waals surface area (Å²) < 4.78 is 0.963. The van der Waals surface area contributed by atoms with E-state index in [1.165, 1.54) is 25.7 Å². The van der Waals surface area contributed by atoms with E-state index in [-0.39, 0.29) is 0 Å². The lowest BCUT2D eigenvalue weighted by Gasteiger charge is -2.12. The van der Waals surface area contributed by atoms with Crippen LogP contribution in [0.5, 0.6) is 0 Å². The van der Waals surface area contributed by atoms with Crippen molar-refractivity contribution in [2.45, 2.75) is 51.9 Å². The maximum Gasteiger partial charge on any atom is 0.144 e. The standard InChI is InChI=1S/C14H22BrN3/c1-3-7-16-14-12(15)9-17-13(18-14)11-6-5-10(4-2)8-11/h9-11H,3-8H2,1-2H3,(H,16,17,18). The van der Waals surface area contributed by atoms with Gasteiger partial charge >= 0.3 is 0 Å². The minimum Gasteiger partial charge on any atom is -0.369 e. The van der Waals surface area contributed by atoms with Crippen molar-refractivity contribution in [3.63, 3.8) is 0 Å². The van der Waals surface area contributed by atoms with Crippen LogP contribution in [-0.2, 0) is 0 Å². The molecule has 1 aliphatic carbocycles. The maximum atomic E-state index is 4.69. The molecule has 0 spiro atoms. The molecule has 1 aromatic rings. The number of halogens is 1. The van der Waals surface area contributed by atoms with Crippen molar-refractivity contribution in [2.75, 3.05) is 11.9 Å². The second-order valence-electron chi connectivity index (χ2n) is 5.14. The fourth-order valence-electron chi connectivity index (χ4n) is 2.63. The van der Waals surface area contributed by atoms with Crippen molar-refractivity contribution < 1.29 is 0 Å². The molecule has 2 atom stereocenters. The Morgan fingerprint density at radius 3 is 2.89 bits per heavy atom. The fourth-order valence-corrected chi connectivity index (χ4v) is 2.96. The molecule has 1 N–H and O–H groups in total. The van der Waals surface area contributed by atoms with E-state index in [2.05, 4.69) is 40.1 Å². The van der Waals surface area contributed by atoms with Gasteiger partial charge in [0, 0.05) is 18.7 Å². The van der Waals surface area contributed by atoms with Gasteiger partial charge in [-0.25, -0.2) is 9.97 Å². The number of aromatic nitrogens is 2. The predicted molar refractivity (Wildman–Crippen MR) is 78.9 cm³/mol. The zero-order chi connectivity index (χ0) is 13.0. The van der Waals surface area contributed by atoms with Crippen LogP contribution in [0.4, 0.5) is 5.82 Å². The summed E-state index contributed by atoms with van der Waals surface area (Å²) in [5, 5.41) is 3.35. The number of hydrogen-bond acceptors (Lipinski definition) is 3. The highest BCUT2D eigenvalue weighted by atomic mass is 79.9. The van der Waals surface area contributed by atoms with Crippen molar-refractivity contribution in [3.8, 4) is 0 Å². The van der Waals surface area contributed by atoms with Gasteiger partial charge in [-0.2, -0.15) is 0 Å². The number of anilines is 1. The highest BCUT2D eigenvalue weighted by Gasteiger charge is 2.27. The predicted octanol–water partition coefficient (Wildman–Crippen LogP) is 4.35. The van der Waals surface area contributed by atoms with Crippen molar-refractivity contribution in [1.82, 2.24) is 9.97 Å². The first-order chi connectivity index (χ1) is 8.74. The average Bonchev–Trinajstić information content (AvgIpc) is 2.86. The summed E-state index contributed by atoms with van der Waals surface area (Å²) in [7, 11) is 0. The van der Waals surface area contributed by atoms with Crippen LogP contribution in [0.1, 0.15) is 57.7 Å². The second-order valence-corrected chi connectivity index (χ2v) is 5.99. The van der Waals surface area contributed by atoms with E-state index >= 15 is 0 Å². The number of hydrogen-bond donors (Lipinski definition) is 1. The Morgan fingerprint density at radius 1 is 1.39 bits per heavy atom. The molecule has 0 bridgehead atoms. The first kappa shape index (κ1) is 13.8. The highest BCUT2D eigenvalue weighted by molar-refractivity contribution is 9.10. The van der Waals surface area contributed by atoms with Gasteiger partial charge in [-0.15, -0.1) is 0 Å². The quantitative estimate of drug-likeness (QED) is 0.878. The highest BCUT2D eigenvalue weighted by Crippen LogP contribution is 2.38. The fraction of sp³-hybridized carbons (Fsp3) is 0.714. The molecule has 0 saturated heterocycles. The van der Waals surface area contributed by atoms with Crippen LogP contribution in [0.15, 0.2) is 10.7 Å². The summed E-state index contributed by atoms with van der Waals surface area (Å²) in [6.45, 7) is 5.40. The zero-order valence-corrected chi connectivity index (χ0v) is 12.8. The molecule has 1 saturated carbocycles. The lowest BCUT2D eigenvalue weighted by Crippen LogP contribution is -2.08. The second kappa shape index (κ2) is 6.50. The summed E-state index contributed by atoms with van der Waals surface area (Å²) in [6, 6.07) is 0. The first-order valence-corrected chi connectivity index (χ1v) is 7.80. The molecule has 0 aliphatic heterocycles. The molecule has 1 fully saturated rings. The SMILES string of the molecule is CCCNc1nc(C2CCC(CC)C2)ncc1Br. The lowest BCUT2D eigenvalue weighted by molar-refractivity contribution is 0.516. The molecule has 100 valence electrons. The monoisotopic (exact) mass is 311 g/mol. The van der Waals surface area contributed by atoms with E-state index in [4.69, 9.17) is 4.98 Å². The van der Waals surface area contributed by atoms with Crippen LogP contribution in [0.2, 0.25) is 0 Å². The summed E-state index contributed by atoms with van der Waals surface area (Å²) in [6.07, 6.45) is 8.11. The maximum absolute atomic E-state index is 4.69. The van der Waals surface area contributed by atoms with Gasteiger partial charge in [0.2, 0.25) is 0 Å². The van der Waals surface area contributed by atoms with Gasteiger partial charge in [0.25, 0.3) is 0 Å². The molecule has 1 aliphatic rings. The summed E-state index contributed by atoms with van der Waals surface area (Å²) in [5.41, 5.74) is 0. The van der Waals surface area contributed by atoms with Crippen molar-refractivity contribution in [1.29, 1.82) is 0 Å². The van der Waals surface area contributed by atoms with Crippen molar-refractivity contribution >= 4 is 21.7 Å². The van der Waals surface area contributed by atoms with E-state index in [0.29, 0.717) is 5.92 Å². The largest absolute Gasteiger partial charge is 0.369 e. The molecule has 1 aromatic heterocycles. The first-order valence-electron chi connectivity index (χ1n) is 7.00. The van der Waals surface area contributed by atoms with Gasteiger partial charge in [0.05, 0.1) is 4.47 Å². The van der Waals surface area contributed by atoms with E-state index in [9.17, 15) is 0 Å². The molecule has 2 rings (SSSR count). The Bertz CT molecular complexity index is 395. The summed E-state index contributed by atoms with van der Waals surface area (Å²) >= 11 is 3.51. The van der Waals surface area contributed by atoms with Crippen LogP contribution >= 0.6 is 15.9 Å². The third-order valence-electron chi connectivity index (χ3n) is 3.79. The smallest absolute Gasteiger partial charge is 0.144 e. The molecule has 18 heavy (non-hydrogen) atoms. The van der Waals surface area contributed by atoms with E-state index in [1.54, 1.807) is 0 Å². The molecule has 0 radical (unpaired) electrons. The van der Waals surface area contributed by atoms with Crippen LogP contribution in [0.3, 0.4) is 0 Å². The van der Waals surface area contributed by atoms with E-state index in [0.717, 1.165) is 35.0 Å². The zero-order valence-electron chi connectivity index (χ0n) is 11.2. The topological polar surface area (TPSA) is 37.8 Å². The van der Waals surface area contributed by atoms with Crippen LogP contribution in [0.25, 0.3) is 0 Å². The van der Waals surface area contributed by atoms with E-state index < -0.39 is 0 Å². The molecule has 0 amide bonds. The molecule has 1 heterocycles. The summed E-state index contributed by atoms with van der Waals surface area (Å²) in [5.74, 6) is 3.40.